The van der Waals surface area contributed by atoms with Gasteiger partial charge in [-0.2, -0.15) is 0 Å². The smallest absolute Gasteiger partial charge is 0.132 e. The van der Waals surface area contributed by atoms with Crippen LogP contribution >= 0.6 is 24.8 Å². The van der Waals surface area contributed by atoms with Gasteiger partial charge in [-0.15, -0.1) is 24.8 Å². The lowest BCUT2D eigenvalue weighted by molar-refractivity contribution is 0.414. The van der Waals surface area contributed by atoms with Crippen LogP contribution in [0.3, 0.4) is 0 Å². The van der Waals surface area contributed by atoms with Crippen LogP contribution in [-0.4, -0.2) is 38.3 Å². The molecule has 0 saturated carbocycles. The molecule has 0 unspecified atom stereocenters. The lowest BCUT2D eigenvalue weighted by Gasteiger charge is -2.28. The van der Waals surface area contributed by atoms with E-state index in [4.69, 9.17) is 4.74 Å². The predicted octanol–water partition coefficient (Wildman–Crippen LogP) is 1.34. The molecule has 0 radical (unpaired) electrons. The first-order valence-corrected chi connectivity index (χ1v) is 4.86. The summed E-state index contributed by atoms with van der Waals surface area (Å²) < 4.78 is 5.16. The Morgan fingerprint density at radius 1 is 1.31 bits per heavy atom. The number of piperazine rings is 1. The summed E-state index contributed by atoms with van der Waals surface area (Å²) in [5.74, 6) is 1.87. The molecule has 1 fully saturated rings. The summed E-state index contributed by atoms with van der Waals surface area (Å²) in [4.78, 5) is 6.59. The van der Waals surface area contributed by atoms with Crippen LogP contribution in [0.5, 0.6) is 5.75 Å². The Labute approximate surface area is 108 Å². The van der Waals surface area contributed by atoms with Crippen LogP contribution in [0.2, 0.25) is 0 Å². The molecular formula is C10H17Cl2N3O. The van der Waals surface area contributed by atoms with Crippen molar-refractivity contribution in [2.45, 2.75) is 0 Å². The Kier molecular flexibility index (Phi) is 7.21. The summed E-state index contributed by atoms with van der Waals surface area (Å²) in [6.07, 6.45) is 1.79. The van der Waals surface area contributed by atoms with E-state index in [0.717, 1.165) is 37.7 Å². The van der Waals surface area contributed by atoms with Crippen molar-refractivity contribution in [3.8, 4) is 5.75 Å². The van der Waals surface area contributed by atoms with Gasteiger partial charge < -0.3 is 15.0 Å². The van der Waals surface area contributed by atoms with Gasteiger partial charge in [0.15, 0.2) is 0 Å². The number of nitrogens with one attached hydrogen (secondary N) is 1. The number of pyridine rings is 1. The van der Waals surface area contributed by atoms with Crippen molar-refractivity contribution in [3.63, 3.8) is 0 Å². The Balaban J connectivity index is 0.00000112. The van der Waals surface area contributed by atoms with E-state index >= 15 is 0 Å². The van der Waals surface area contributed by atoms with E-state index in [0.29, 0.717) is 0 Å². The van der Waals surface area contributed by atoms with Crippen molar-refractivity contribution in [1.82, 2.24) is 10.3 Å². The second-order valence-electron chi connectivity index (χ2n) is 3.29. The van der Waals surface area contributed by atoms with E-state index in [2.05, 4.69) is 15.2 Å². The summed E-state index contributed by atoms with van der Waals surface area (Å²) in [5, 5.41) is 3.31. The first kappa shape index (κ1) is 15.3. The molecule has 0 amide bonds. The number of aromatic nitrogens is 1. The maximum Gasteiger partial charge on any atom is 0.132 e. The Morgan fingerprint density at radius 3 is 2.62 bits per heavy atom. The molecule has 0 atom stereocenters. The first-order valence-electron chi connectivity index (χ1n) is 4.86. The van der Waals surface area contributed by atoms with Gasteiger partial charge in [0.2, 0.25) is 0 Å². The fourth-order valence-electron chi connectivity index (χ4n) is 1.59. The maximum absolute atomic E-state index is 5.16. The van der Waals surface area contributed by atoms with E-state index in [1.54, 1.807) is 13.3 Å². The van der Waals surface area contributed by atoms with Gasteiger partial charge in [-0.25, -0.2) is 4.98 Å². The number of rotatable bonds is 2. The first-order chi connectivity index (χ1) is 6.90. The number of anilines is 1. The molecule has 4 nitrogen and oxygen atoms in total. The number of nitrogens with zero attached hydrogens (tertiary/aromatic N) is 2. The standard InChI is InChI=1S/C10H15N3O.2ClH/c1-14-9-2-3-12-10(8-9)13-6-4-11-5-7-13;;/h2-3,8,11H,4-7H2,1H3;2*1H. The Bertz CT molecular complexity index is 306. The van der Waals surface area contributed by atoms with Crippen LogP contribution < -0.4 is 15.0 Å². The van der Waals surface area contributed by atoms with E-state index in [1.165, 1.54) is 0 Å². The van der Waals surface area contributed by atoms with Gasteiger partial charge in [0.25, 0.3) is 0 Å². The topological polar surface area (TPSA) is 37.4 Å². The van der Waals surface area contributed by atoms with E-state index in [9.17, 15) is 0 Å². The van der Waals surface area contributed by atoms with E-state index < -0.39 is 0 Å². The zero-order valence-electron chi connectivity index (χ0n) is 9.18. The summed E-state index contributed by atoms with van der Waals surface area (Å²) in [6.45, 7) is 4.08. The normalized spacial score (nSPS) is 14.7. The molecule has 0 bridgehead atoms. The molecule has 1 aromatic rings. The van der Waals surface area contributed by atoms with Gasteiger partial charge in [-0.3, -0.25) is 0 Å². The number of hydrogen-bond acceptors (Lipinski definition) is 4. The fraction of sp³-hybridized carbons (Fsp3) is 0.500. The molecule has 2 rings (SSSR count). The van der Waals surface area contributed by atoms with Crippen LogP contribution in [0.1, 0.15) is 0 Å². The van der Waals surface area contributed by atoms with E-state index in [1.807, 2.05) is 12.1 Å². The molecule has 1 aromatic heterocycles. The van der Waals surface area contributed by atoms with Crippen molar-refractivity contribution in [1.29, 1.82) is 0 Å². The predicted molar refractivity (Wildman–Crippen MR) is 70.4 cm³/mol. The zero-order valence-corrected chi connectivity index (χ0v) is 10.8. The summed E-state index contributed by atoms with van der Waals surface area (Å²) in [6, 6.07) is 3.84. The van der Waals surface area contributed by atoms with Crippen molar-refractivity contribution >= 4 is 30.6 Å². The molecular weight excluding hydrogens is 249 g/mol. The summed E-state index contributed by atoms with van der Waals surface area (Å²) in [5.41, 5.74) is 0. The van der Waals surface area contributed by atoms with Crippen LogP contribution in [0.25, 0.3) is 0 Å². The van der Waals surface area contributed by atoms with Crippen LogP contribution in [-0.2, 0) is 0 Å². The van der Waals surface area contributed by atoms with Crippen molar-refractivity contribution < 1.29 is 4.74 Å². The van der Waals surface area contributed by atoms with Gasteiger partial charge in [0, 0.05) is 38.4 Å². The lowest BCUT2D eigenvalue weighted by Crippen LogP contribution is -2.43. The molecule has 0 aromatic carbocycles. The number of hydrogen-bond donors (Lipinski definition) is 1. The minimum absolute atomic E-state index is 0. The van der Waals surface area contributed by atoms with Crippen LogP contribution in [0.4, 0.5) is 5.82 Å². The van der Waals surface area contributed by atoms with Gasteiger partial charge >= 0.3 is 0 Å². The monoisotopic (exact) mass is 265 g/mol. The van der Waals surface area contributed by atoms with Crippen molar-refractivity contribution in [2.24, 2.45) is 0 Å². The third-order valence-electron chi connectivity index (χ3n) is 2.39. The lowest BCUT2D eigenvalue weighted by atomic mass is 10.3. The highest BCUT2D eigenvalue weighted by Crippen LogP contribution is 2.17. The largest absolute Gasteiger partial charge is 0.497 e. The number of ether oxygens (including phenoxy) is 1. The quantitative estimate of drug-likeness (QED) is 0.876. The molecule has 0 aliphatic carbocycles. The van der Waals surface area contributed by atoms with Gasteiger partial charge in [0.05, 0.1) is 7.11 Å². The molecule has 2 heterocycles. The molecule has 92 valence electrons. The minimum atomic E-state index is 0. The van der Waals surface area contributed by atoms with Crippen LogP contribution in [0, 0.1) is 0 Å². The minimum Gasteiger partial charge on any atom is -0.497 e. The highest BCUT2D eigenvalue weighted by molar-refractivity contribution is 5.85. The highest BCUT2D eigenvalue weighted by atomic mass is 35.5. The average molecular weight is 266 g/mol. The molecule has 1 saturated heterocycles. The number of halogens is 2. The second kappa shape index (κ2) is 7.54. The van der Waals surface area contributed by atoms with Gasteiger partial charge in [-0.05, 0) is 6.07 Å². The molecule has 1 N–H and O–H groups in total. The molecule has 1 aliphatic rings. The molecule has 16 heavy (non-hydrogen) atoms. The summed E-state index contributed by atoms with van der Waals surface area (Å²) >= 11 is 0. The van der Waals surface area contributed by atoms with Crippen LogP contribution in [0.15, 0.2) is 18.3 Å². The fourth-order valence-corrected chi connectivity index (χ4v) is 1.59. The van der Waals surface area contributed by atoms with Gasteiger partial charge in [-0.1, -0.05) is 0 Å². The molecule has 1 aliphatic heterocycles. The molecule has 6 heteroatoms. The third kappa shape index (κ3) is 3.70. The van der Waals surface area contributed by atoms with Crippen molar-refractivity contribution in [2.75, 3.05) is 38.2 Å². The highest BCUT2D eigenvalue weighted by Gasteiger charge is 2.11. The Morgan fingerprint density at radius 2 is 2.00 bits per heavy atom. The Hall–Kier alpha value is -0.710. The SMILES string of the molecule is COc1ccnc(N2CCNCC2)c1.Cl.Cl. The number of methoxy groups -OCH3 is 1. The summed E-state index contributed by atoms with van der Waals surface area (Å²) in [7, 11) is 1.68. The van der Waals surface area contributed by atoms with E-state index in [-0.39, 0.29) is 24.8 Å². The second-order valence-corrected chi connectivity index (χ2v) is 3.29. The van der Waals surface area contributed by atoms with Crippen molar-refractivity contribution in [3.05, 3.63) is 18.3 Å². The third-order valence-corrected chi connectivity index (χ3v) is 2.39. The maximum atomic E-state index is 5.16. The zero-order chi connectivity index (χ0) is 9.80. The average Bonchev–Trinajstić information content (AvgIpc) is 2.30. The van der Waals surface area contributed by atoms with Gasteiger partial charge in [0.1, 0.15) is 11.6 Å². The molecule has 0 spiro atoms.